The summed E-state index contributed by atoms with van der Waals surface area (Å²) in [5, 5.41) is 8.10. The number of likely N-dealkylation sites (tertiary alicyclic amines) is 2. The molecule has 2 saturated heterocycles. The summed E-state index contributed by atoms with van der Waals surface area (Å²) in [6, 6.07) is 10.4. The van der Waals surface area contributed by atoms with Gasteiger partial charge in [0.1, 0.15) is 23.8 Å². The first-order chi connectivity index (χ1) is 24.3. The minimum absolute atomic E-state index is 0.234. The van der Waals surface area contributed by atoms with Gasteiger partial charge >= 0.3 is 6.09 Å². The molecule has 1 amide bonds. The van der Waals surface area contributed by atoms with Crippen LogP contribution in [0.5, 0.6) is 17.2 Å². The van der Waals surface area contributed by atoms with Crippen LogP contribution in [0.3, 0.4) is 0 Å². The van der Waals surface area contributed by atoms with Gasteiger partial charge in [-0.15, -0.1) is 0 Å². The molecule has 0 radical (unpaired) electrons. The highest BCUT2D eigenvalue weighted by Gasteiger charge is 2.30. The number of nitrogens with zero attached hydrogens (tertiary/aromatic N) is 6. The number of hydrogen-bond acceptors (Lipinski definition) is 12. The van der Waals surface area contributed by atoms with Gasteiger partial charge in [0.05, 0.1) is 19.7 Å². The van der Waals surface area contributed by atoms with Crippen LogP contribution in [-0.4, -0.2) is 131 Å². The second-order valence-corrected chi connectivity index (χ2v) is 15.1. The molecule has 0 aliphatic carbocycles. The fourth-order valence-corrected chi connectivity index (χ4v) is 6.63. The van der Waals surface area contributed by atoms with Gasteiger partial charge < -0.3 is 44.3 Å². The minimum Gasteiger partial charge on any atom is -0.493 e. The normalized spacial score (nSPS) is 17.1. The lowest BCUT2D eigenvalue weighted by atomic mass is 10.0. The summed E-state index contributed by atoms with van der Waals surface area (Å²) >= 11 is 0. The number of fused-ring (bicyclic) bond motifs is 1. The number of ether oxygens (including phenoxy) is 4. The Morgan fingerprint density at radius 2 is 1.69 bits per heavy atom. The smallest absolute Gasteiger partial charge is 0.410 e. The van der Waals surface area contributed by atoms with Crippen molar-refractivity contribution in [2.75, 3.05) is 104 Å². The van der Waals surface area contributed by atoms with Gasteiger partial charge in [0.2, 0.25) is 5.95 Å². The lowest BCUT2D eigenvalue weighted by molar-refractivity contribution is 0.0289. The van der Waals surface area contributed by atoms with Gasteiger partial charge in [0.25, 0.3) is 0 Å². The Bertz CT molecular complexity index is 1620. The predicted molar refractivity (Wildman–Crippen MR) is 204 cm³/mol. The van der Waals surface area contributed by atoms with Gasteiger partial charge in [-0.1, -0.05) is 6.07 Å². The Labute approximate surface area is 303 Å². The lowest BCUT2D eigenvalue weighted by Gasteiger charge is -2.34. The number of aromatic nitrogens is 2. The first kappa shape index (κ1) is 38.0. The van der Waals surface area contributed by atoms with E-state index in [0.717, 1.165) is 67.9 Å². The third-order valence-corrected chi connectivity index (χ3v) is 9.38. The van der Waals surface area contributed by atoms with Gasteiger partial charge in [0, 0.05) is 88.7 Å². The van der Waals surface area contributed by atoms with Crippen molar-refractivity contribution in [3.05, 3.63) is 35.9 Å². The quantitative estimate of drug-likeness (QED) is 0.224. The second-order valence-electron chi connectivity index (χ2n) is 15.1. The van der Waals surface area contributed by atoms with E-state index in [0.29, 0.717) is 43.7 Å². The zero-order chi connectivity index (χ0) is 36.7. The predicted octanol–water partition coefficient (Wildman–Crippen LogP) is 5.40. The van der Waals surface area contributed by atoms with Crippen LogP contribution in [-0.2, 0) is 11.3 Å². The summed E-state index contributed by atoms with van der Waals surface area (Å²) in [5.74, 6) is 3.75. The van der Waals surface area contributed by atoms with Crippen LogP contribution in [0.15, 0.2) is 30.3 Å². The zero-order valence-electron chi connectivity index (χ0n) is 32.0. The molecule has 0 saturated carbocycles. The Hall–Kier alpha value is -4.23. The first-order valence-corrected chi connectivity index (χ1v) is 18.0. The standard InChI is InChI=1S/C38H58N8O5/c1-38(2,3)51-37(47)46-18-13-26(24-46)23-39-36-41-30-22-34(49-9)33(48-8)21-28(30)35(42-36)40-27-14-16-45(17-15-27)25-29-31(44(6)7)11-10-12-32(29)50-20-19-43(4)5/h10-12,21-22,26-27H,13-20,23-25H2,1-9H3,(H2,39,40,41,42). The number of methoxy groups -OCH3 is 2. The van der Waals surface area contributed by atoms with E-state index in [2.05, 4.69) is 71.7 Å². The second kappa shape index (κ2) is 16.9. The molecule has 5 rings (SSSR count). The van der Waals surface area contributed by atoms with Crippen molar-refractivity contribution in [1.29, 1.82) is 0 Å². The summed E-state index contributed by atoms with van der Waals surface area (Å²) < 4.78 is 23.1. The highest BCUT2D eigenvalue weighted by molar-refractivity contribution is 5.92. The van der Waals surface area contributed by atoms with Crippen molar-refractivity contribution in [1.82, 2.24) is 24.7 Å². The van der Waals surface area contributed by atoms with Gasteiger partial charge in [-0.05, 0) is 78.2 Å². The molecule has 2 aromatic carbocycles. The fraction of sp³-hybridized carbons (Fsp3) is 0.605. The number of amides is 1. The number of piperidine rings is 1. The topological polar surface area (TPSA) is 117 Å². The van der Waals surface area contributed by atoms with E-state index in [1.165, 1.54) is 11.3 Å². The highest BCUT2D eigenvalue weighted by Crippen LogP contribution is 2.36. The maximum Gasteiger partial charge on any atom is 0.410 e. The third kappa shape index (κ3) is 10.2. The van der Waals surface area contributed by atoms with Crippen LogP contribution in [0.1, 0.15) is 45.6 Å². The number of likely N-dealkylation sites (N-methyl/N-ethyl adjacent to an activating group) is 1. The van der Waals surface area contributed by atoms with Crippen LogP contribution in [0.2, 0.25) is 0 Å². The van der Waals surface area contributed by atoms with E-state index in [9.17, 15) is 4.79 Å². The summed E-state index contributed by atoms with van der Waals surface area (Å²) in [5.41, 5.74) is 2.65. The molecule has 280 valence electrons. The van der Waals surface area contributed by atoms with E-state index >= 15 is 0 Å². The maximum absolute atomic E-state index is 12.6. The largest absolute Gasteiger partial charge is 0.493 e. The van der Waals surface area contributed by atoms with Crippen molar-refractivity contribution >= 4 is 34.4 Å². The number of anilines is 3. The molecule has 2 fully saturated rings. The summed E-state index contributed by atoms with van der Waals surface area (Å²) in [7, 11) is 11.6. The van der Waals surface area contributed by atoms with Crippen molar-refractivity contribution in [2.45, 2.75) is 58.2 Å². The lowest BCUT2D eigenvalue weighted by Crippen LogP contribution is -2.39. The monoisotopic (exact) mass is 706 g/mol. The fourth-order valence-electron chi connectivity index (χ4n) is 6.63. The van der Waals surface area contributed by atoms with E-state index in [-0.39, 0.29) is 18.1 Å². The number of rotatable bonds is 14. The molecule has 3 heterocycles. The molecule has 1 atom stereocenters. The Kier molecular flexibility index (Phi) is 12.6. The summed E-state index contributed by atoms with van der Waals surface area (Å²) in [6.45, 7) is 11.8. The van der Waals surface area contributed by atoms with Gasteiger partial charge in [-0.2, -0.15) is 4.98 Å². The number of carbonyl (C=O) groups is 1. The van der Waals surface area contributed by atoms with E-state index in [1.54, 1.807) is 19.1 Å². The van der Waals surface area contributed by atoms with Crippen LogP contribution in [0, 0.1) is 5.92 Å². The van der Waals surface area contributed by atoms with Crippen LogP contribution < -0.4 is 29.7 Å². The SMILES string of the molecule is COc1cc2nc(NCC3CCN(C(=O)OC(C)(C)C)C3)nc(NC3CCN(Cc4c(OCCN(C)C)cccc4N(C)C)CC3)c2cc1OC. The summed E-state index contributed by atoms with van der Waals surface area (Å²) in [6.07, 6.45) is 2.55. The molecule has 0 bridgehead atoms. The molecule has 2 aliphatic heterocycles. The van der Waals surface area contributed by atoms with Gasteiger partial charge in [0.15, 0.2) is 11.5 Å². The van der Waals surface area contributed by atoms with Crippen LogP contribution in [0.4, 0.5) is 22.2 Å². The van der Waals surface area contributed by atoms with Crippen molar-refractivity contribution in [3.8, 4) is 17.2 Å². The van der Waals surface area contributed by atoms with E-state index in [4.69, 9.17) is 28.9 Å². The zero-order valence-corrected chi connectivity index (χ0v) is 32.0. The molecular formula is C38H58N8O5. The van der Waals surface area contributed by atoms with Crippen LogP contribution in [0.25, 0.3) is 10.9 Å². The van der Waals surface area contributed by atoms with E-state index in [1.807, 2.05) is 32.9 Å². The number of benzene rings is 2. The Morgan fingerprint density at radius 1 is 0.961 bits per heavy atom. The molecule has 1 aromatic heterocycles. The molecule has 2 N–H and O–H groups in total. The maximum atomic E-state index is 12.6. The number of hydrogen-bond donors (Lipinski definition) is 2. The molecule has 1 unspecified atom stereocenters. The highest BCUT2D eigenvalue weighted by atomic mass is 16.6. The van der Waals surface area contributed by atoms with Crippen LogP contribution >= 0.6 is 0 Å². The van der Waals surface area contributed by atoms with Gasteiger partial charge in [-0.25, -0.2) is 9.78 Å². The Balaban J connectivity index is 1.27. The molecular weight excluding hydrogens is 648 g/mol. The third-order valence-electron chi connectivity index (χ3n) is 9.38. The average molecular weight is 707 g/mol. The number of nitrogens with one attached hydrogen (secondary N) is 2. The molecule has 3 aromatic rings. The molecule has 0 spiro atoms. The molecule has 13 heteroatoms. The van der Waals surface area contributed by atoms with E-state index < -0.39 is 5.60 Å². The molecule has 13 nitrogen and oxygen atoms in total. The Morgan fingerprint density at radius 3 is 2.35 bits per heavy atom. The van der Waals surface area contributed by atoms with Crippen molar-refractivity contribution in [3.63, 3.8) is 0 Å². The average Bonchev–Trinajstić information content (AvgIpc) is 3.57. The first-order valence-electron chi connectivity index (χ1n) is 18.0. The molecule has 2 aliphatic rings. The van der Waals surface area contributed by atoms with Crippen molar-refractivity contribution < 1.29 is 23.7 Å². The van der Waals surface area contributed by atoms with Gasteiger partial charge in [-0.3, -0.25) is 4.90 Å². The molecule has 51 heavy (non-hydrogen) atoms. The minimum atomic E-state index is -0.516. The van der Waals surface area contributed by atoms with Crippen molar-refractivity contribution in [2.24, 2.45) is 5.92 Å². The number of carbonyl (C=O) groups excluding carboxylic acids is 1. The summed E-state index contributed by atoms with van der Waals surface area (Å²) in [4.78, 5) is 31.1.